The molecule has 0 unspecified atom stereocenters. The van der Waals surface area contributed by atoms with Crippen molar-refractivity contribution in [2.24, 2.45) is 0 Å². The van der Waals surface area contributed by atoms with Crippen LogP contribution in [0, 0.1) is 0 Å². The lowest BCUT2D eigenvalue weighted by atomic mass is 10.1. The summed E-state index contributed by atoms with van der Waals surface area (Å²) in [6.45, 7) is 3.78. The third kappa shape index (κ3) is 3.82. The second kappa shape index (κ2) is 7.94. The number of rotatable bonds is 6. The molecule has 2 heterocycles. The number of ether oxygens (including phenoxy) is 2. The first-order valence-electron chi connectivity index (χ1n) is 9.07. The van der Waals surface area contributed by atoms with E-state index in [1.54, 1.807) is 22.0 Å². The molecule has 0 saturated heterocycles. The predicted molar refractivity (Wildman–Crippen MR) is 106 cm³/mol. The van der Waals surface area contributed by atoms with Gasteiger partial charge in [-0.25, -0.2) is 0 Å². The fourth-order valence-corrected chi connectivity index (χ4v) is 3.33. The van der Waals surface area contributed by atoms with E-state index in [-0.39, 0.29) is 12.7 Å². The van der Waals surface area contributed by atoms with Gasteiger partial charge in [-0.2, -0.15) is 5.10 Å². The van der Waals surface area contributed by atoms with Crippen molar-refractivity contribution < 1.29 is 14.3 Å². The van der Waals surface area contributed by atoms with Crippen LogP contribution in [0.2, 0.25) is 5.02 Å². The van der Waals surface area contributed by atoms with E-state index in [1.165, 1.54) is 0 Å². The normalized spacial score (nSPS) is 12.2. The average Bonchev–Trinajstić information content (AvgIpc) is 3.36. The molecule has 0 fully saturated rings. The van der Waals surface area contributed by atoms with Crippen molar-refractivity contribution in [3.63, 3.8) is 0 Å². The van der Waals surface area contributed by atoms with E-state index in [0.29, 0.717) is 36.0 Å². The molecule has 7 heteroatoms. The largest absolute Gasteiger partial charge is 0.454 e. The number of halogens is 1. The van der Waals surface area contributed by atoms with Crippen molar-refractivity contribution in [3.05, 3.63) is 76.6 Å². The third-order valence-electron chi connectivity index (χ3n) is 4.65. The molecule has 0 saturated carbocycles. The fourth-order valence-electron chi connectivity index (χ4n) is 3.13. The van der Waals surface area contributed by atoms with Gasteiger partial charge in [-0.3, -0.25) is 9.48 Å². The number of fused-ring (bicyclic) bond motifs is 1. The highest BCUT2D eigenvalue weighted by Gasteiger charge is 2.19. The number of hydrogen-bond donors (Lipinski definition) is 0. The summed E-state index contributed by atoms with van der Waals surface area (Å²) < 4.78 is 12.5. The number of carbonyl (C=O) groups excluding carboxylic acids is 1. The smallest absolute Gasteiger partial charge is 0.257 e. The lowest BCUT2D eigenvalue weighted by molar-refractivity contribution is 0.0752. The van der Waals surface area contributed by atoms with Crippen molar-refractivity contribution >= 4 is 17.5 Å². The van der Waals surface area contributed by atoms with E-state index in [2.05, 4.69) is 5.10 Å². The fraction of sp³-hybridized carbons (Fsp3) is 0.238. The van der Waals surface area contributed by atoms with E-state index in [4.69, 9.17) is 21.1 Å². The zero-order valence-corrected chi connectivity index (χ0v) is 16.2. The number of hydrogen-bond acceptors (Lipinski definition) is 4. The van der Waals surface area contributed by atoms with E-state index >= 15 is 0 Å². The third-order valence-corrected chi connectivity index (χ3v) is 5.02. The van der Waals surface area contributed by atoms with Gasteiger partial charge in [0.05, 0.1) is 18.3 Å². The van der Waals surface area contributed by atoms with Gasteiger partial charge in [-0.1, -0.05) is 35.9 Å². The monoisotopic (exact) mass is 397 g/mol. The molecule has 1 aliphatic rings. The molecule has 2 aromatic carbocycles. The molecular formula is C21H20ClN3O3. The first-order chi connectivity index (χ1) is 13.6. The number of amides is 1. The molecule has 0 spiro atoms. The van der Waals surface area contributed by atoms with Crippen LogP contribution >= 0.6 is 11.6 Å². The molecule has 0 bridgehead atoms. The summed E-state index contributed by atoms with van der Waals surface area (Å²) in [4.78, 5) is 14.7. The Kier molecular flexibility index (Phi) is 5.21. The highest BCUT2D eigenvalue weighted by molar-refractivity contribution is 6.31. The molecule has 0 radical (unpaired) electrons. The zero-order chi connectivity index (χ0) is 19.5. The molecule has 1 amide bonds. The van der Waals surface area contributed by atoms with E-state index in [9.17, 15) is 4.79 Å². The molecule has 3 aromatic rings. The Hall–Kier alpha value is -2.99. The second-order valence-corrected chi connectivity index (χ2v) is 6.93. The summed E-state index contributed by atoms with van der Waals surface area (Å²) in [7, 11) is 0. The highest BCUT2D eigenvalue weighted by atomic mass is 35.5. The average molecular weight is 398 g/mol. The number of aromatic nitrogens is 2. The number of benzene rings is 2. The first-order valence-corrected chi connectivity index (χ1v) is 9.45. The van der Waals surface area contributed by atoms with Crippen LogP contribution in [0.25, 0.3) is 0 Å². The lowest BCUT2D eigenvalue weighted by Crippen LogP contribution is -2.30. The van der Waals surface area contributed by atoms with Crippen LogP contribution in [0.3, 0.4) is 0 Å². The Morgan fingerprint density at radius 2 is 2.04 bits per heavy atom. The Morgan fingerprint density at radius 1 is 1.21 bits per heavy atom. The van der Waals surface area contributed by atoms with Gasteiger partial charge in [0, 0.05) is 24.3 Å². The molecule has 0 N–H and O–H groups in total. The van der Waals surface area contributed by atoms with E-state index < -0.39 is 0 Å². The van der Waals surface area contributed by atoms with Gasteiger partial charge in [0.1, 0.15) is 0 Å². The molecule has 6 nitrogen and oxygen atoms in total. The highest BCUT2D eigenvalue weighted by Crippen LogP contribution is 2.32. The van der Waals surface area contributed by atoms with Crippen molar-refractivity contribution in [1.82, 2.24) is 14.7 Å². The Morgan fingerprint density at radius 3 is 2.86 bits per heavy atom. The van der Waals surface area contributed by atoms with Crippen LogP contribution < -0.4 is 9.47 Å². The maximum Gasteiger partial charge on any atom is 0.257 e. The maximum absolute atomic E-state index is 12.9. The van der Waals surface area contributed by atoms with Crippen LogP contribution in [0.1, 0.15) is 28.4 Å². The molecule has 1 aromatic heterocycles. The van der Waals surface area contributed by atoms with Gasteiger partial charge in [0.2, 0.25) is 6.79 Å². The van der Waals surface area contributed by atoms with Gasteiger partial charge in [-0.05, 0) is 36.2 Å². The topological polar surface area (TPSA) is 56.6 Å². The Balaban J connectivity index is 1.47. The van der Waals surface area contributed by atoms with Crippen LogP contribution in [-0.2, 0) is 13.1 Å². The maximum atomic E-state index is 12.9. The quantitative estimate of drug-likeness (QED) is 0.631. The first kappa shape index (κ1) is 18.4. The minimum Gasteiger partial charge on any atom is -0.454 e. The second-order valence-electron chi connectivity index (χ2n) is 6.52. The number of nitrogens with zero attached hydrogens (tertiary/aromatic N) is 3. The van der Waals surface area contributed by atoms with Gasteiger partial charge in [0.25, 0.3) is 5.91 Å². The Labute approximate surface area is 168 Å². The van der Waals surface area contributed by atoms with E-state index in [1.807, 2.05) is 49.4 Å². The summed E-state index contributed by atoms with van der Waals surface area (Å²) in [6, 6.07) is 13.3. The molecule has 4 rings (SSSR count). The number of carbonyl (C=O) groups is 1. The summed E-state index contributed by atoms with van der Waals surface area (Å²) >= 11 is 6.21. The summed E-state index contributed by atoms with van der Waals surface area (Å²) in [5, 5.41) is 5.00. The molecule has 144 valence electrons. The van der Waals surface area contributed by atoms with Gasteiger partial charge in [-0.15, -0.1) is 0 Å². The minimum atomic E-state index is -0.0643. The van der Waals surface area contributed by atoms with Crippen LogP contribution in [0.15, 0.2) is 54.9 Å². The summed E-state index contributed by atoms with van der Waals surface area (Å²) in [5.74, 6) is 1.39. The SMILES string of the molecule is CCN(Cc1ccc2c(c1)OCO2)C(=O)c1cnn(Cc2ccccc2Cl)c1. The van der Waals surface area contributed by atoms with Gasteiger partial charge in [0.15, 0.2) is 11.5 Å². The van der Waals surface area contributed by atoms with Crippen molar-refractivity contribution in [1.29, 1.82) is 0 Å². The van der Waals surface area contributed by atoms with Crippen LogP contribution in [-0.4, -0.2) is 33.9 Å². The van der Waals surface area contributed by atoms with Gasteiger partial charge >= 0.3 is 0 Å². The zero-order valence-electron chi connectivity index (χ0n) is 15.5. The summed E-state index contributed by atoms with van der Waals surface area (Å²) in [6.07, 6.45) is 3.36. The van der Waals surface area contributed by atoms with Crippen molar-refractivity contribution in [2.45, 2.75) is 20.0 Å². The molecular weight excluding hydrogens is 378 g/mol. The molecule has 0 aliphatic carbocycles. The van der Waals surface area contributed by atoms with Crippen molar-refractivity contribution in [2.75, 3.05) is 13.3 Å². The lowest BCUT2D eigenvalue weighted by Gasteiger charge is -2.20. The van der Waals surface area contributed by atoms with Crippen molar-refractivity contribution in [3.8, 4) is 11.5 Å². The van der Waals surface area contributed by atoms with Crippen LogP contribution in [0.4, 0.5) is 0 Å². The minimum absolute atomic E-state index is 0.0643. The standard InChI is InChI=1S/C21H20ClN3O3/c1-2-24(11-15-7-8-19-20(9-15)28-14-27-19)21(26)17-10-23-25(13-17)12-16-5-3-4-6-18(16)22/h3-10,13H,2,11-12,14H2,1H3. The molecule has 1 aliphatic heterocycles. The predicted octanol–water partition coefficient (Wildman–Crippen LogP) is 3.98. The molecule has 28 heavy (non-hydrogen) atoms. The van der Waals surface area contributed by atoms with Crippen LogP contribution in [0.5, 0.6) is 11.5 Å². The van der Waals surface area contributed by atoms with Gasteiger partial charge < -0.3 is 14.4 Å². The van der Waals surface area contributed by atoms with E-state index in [0.717, 1.165) is 16.9 Å². The Bertz CT molecular complexity index is 1000. The summed E-state index contributed by atoms with van der Waals surface area (Å²) in [5.41, 5.74) is 2.50. The molecule has 0 atom stereocenters.